The average Bonchev–Trinajstić information content (AvgIpc) is 2.30. The predicted molar refractivity (Wildman–Crippen MR) is 67.9 cm³/mol. The van der Waals surface area contributed by atoms with E-state index >= 15 is 0 Å². The van der Waals surface area contributed by atoms with Gasteiger partial charge < -0.3 is 15.3 Å². The number of aliphatic hydroxyl groups excluding tert-OH is 1. The van der Waals surface area contributed by atoms with Crippen LogP contribution in [0.1, 0.15) is 20.3 Å². The predicted octanol–water partition coefficient (Wildman–Crippen LogP) is -0.489. The molecule has 2 N–H and O–H groups in total. The highest BCUT2D eigenvalue weighted by atomic mass is 16.3. The first-order valence-corrected chi connectivity index (χ1v) is 6.48. The minimum absolute atomic E-state index is 0.143. The van der Waals surface area contributed by atoms with Crippen LogP contribution in [0.4, 0.5) is 0 Å². The van der Waals surface area contributed by atoms with Crippen molar-refractivity contribution in [3.05, 3.63) is 0 Å². The van der Waals surface area contributed by atoms with E-state index in [1.54, 1.807) is 0 Å². The largest absolute Gasteiger partial charge is 0.396 e. The van der Waals surface area contributed by atoms with Gasteiger partial charge in [0.2, 0.25) is 5.91 Å². The second-order valence-corrected chi connectivity index (χ2v) is 4.78. The summed E-state index contributed by atoms with van der Waals surface area (Å²) in [7, 11) is 0. The fourth-order valence-electron chi connectivity index (χ4n) is 2.06. The van der Waals surface area contributed by atoms with Crippen molar-refractivity contribution in [1.82, 2.24) is 15.1 Å². The first-order chi connectivity index (χ1) is 8.15. The summed E-state index contributed by atoms with van der Waals surface area (Å²) in [5.41, 5.74) is 0. The van der Waals surface area contributed by atoms with Crippen LogP contribution in [0, 0.1) is 0 Å². The Labute approximate surface area is 104 Å². The van der Waals surface area contributed by atoms with Crippen LogP contribution in [0.3, 0.4) is 0 Å². The van der Waals surface area contributed by atoms with Gasteiger partial charge in [-0.25, -0.2) is 0 Å². The molecule has 0 saturated carbocycles. The van der Waals surface area contributed by atoms with Crippen molar-refractivity contribution in [2.24, 2.45) is 0 Å². The fourth-order valence-corrected chi connectivity index (χ4v) is 2.06. The number of hydrogen-bond acceptors (Lipinski definition) is 4. The Morgan fingerprint density at radius 2 is 2.06 bits per heavy atom. The SMILES string of the molecule is CC(C)N(CCCO)C(=O)CN1CCNCC1. The highest BCUT2D eigenvalue weighted by molar-refractivity contribution is 5.78. The van der Waals surface area contributed by atoms with Gasteiger partial charge in [-0.15, -0.1) is 0 Å². The minimum atomic E-state index is 0.143. The molecular weight excluding hydrogens is 218 g/mol. The summed E-state index contributed by atoms with van der Waals surface area (Å²) in [6.45, 7) is 9.15. The van der Waals surface area contributed by atoms with Crippen molar-refractivity contribution in [3.8, 4) is 0 Å². The summed E-state index contributed by atoms with van der Waals surface area (Å²) < 4.78 is 0. The van der Waals surface area contributed by atoms with Crippen LogP contribution in [-0.4, -0.2) is 72.7 Å². The van der Waals surface area contributed by atoms with Gasteiger partial charge in [0.15, 0.2) is 0 Å². The topological polar surface area (TPSA) is 55.8 Å². The smallest absolute Gasteiger partial charge is 0.236 e. The van der Waals surface area contributed by atoms with Crippen LogP contribution in [0.2, 0.25) is 0 Å². The molecule has 0 unspecified atom stereocenters. The van der Waals surface area contributed by atoms with Crippen molar-refractivity contribution in [1.29, 1.82) is 0 Å². The number of nitrogens with one attached hydrogen (secondary N) is 1. The molecule has 0 aromatic heterocycles. The summed E-state index contributed by atoms with van der Waals surface area (Å²) in [6.07, 6.45) is 0.658. The molecule has 5 nitrogen and oxygen atoms in total. The zero-order valence-electron chi connectivity index (χ0n) is 11.0. The lowest BCUT2D eigenvalue weighted by molar-refractivity contribution is -0.134. The Kier molecular flexibility index (Phi) is 6.47. The van der Waals surface area contributed by atoms with Crippen molar-refractivity contribution < 1.29 is 9.90 Å². The highest BCUT2D eigenvalue weighted by Crippen LogP contribution is 2.03. The Morgan fingerprint density at radius 1 is 1.41 bits per heavy atom. The van der Waals surface area contributed by atoms with Crippen LogP contribution in [0.5, 0.6) is 0 Å². The first kappa shape index (κ1) is 14.4. The number of piperazine rings is 1. The van der Waals surface area contributed by atoms with E-state index in [4.69, 9.17) is 5.11 Å². The van der Waals surface area contributed by atoms with E-state index in [2.05, 4.69) is 10.2 Å². The summed E-state index contributed by atoms with van der Waals surface area (Å²) in [4.78, 5) is 16.2. The lowest BCUT2D eigenvalue weighted by atomic mass is 10.2. The summed E-state index contributed by atoms with van der Waals surface area (Å²) in [5.74, 6) is 0.176. The molecule has 0 aromatic carbocycles. The Hall–Kier alpha value is -0.650. The Bertz CT molecular complexity index is 228. The zero-order valence-corrected chi connectivity index (χ0v) is 11.0. The van der Waals surface area contributed by atoms with E-state index in [1.165, 1.54) is 0 Å². The highest BCUT2D eigenvalue weighted by Gasteiger charge is 2.20. The van der Waals surface area contributed by atoms with Gasteiger partial charge in [-0.1, -0.05) is 0 Å². The molecule has 1 aliphatic rings. The summed E-state index contributed by atoms with van der Waals surface area (Å²) in [5, 5.41) is 12.1. The molecule has 0 radical (unpaired) electrons. The molecule has 1 saturated heterocycles. The van der Waals surface area contributed by atoms with E-state index in [1.807, 2.05) is 18.7 Å². The number of nitrogens with zero attached hydrogens (tertiary/aromatic N) is 2. The number of carbonyl (C=O) groups is 1. The van der Waals surface area contributed by atoms with Gasteiger partial charge in [0, 0.05) is 45.4 Å². The number of carbonyl (C=O) groups excluding carboxylic acids is 1. The molecule has 1 aliphatic heterocycles. The summed E-state index contributed by atoms with van der Waals surface area (Å²) >= 11 is 0. The number of aliphatic hydroxyl groups is 1. The quantitative estimate of drug-likeness (QED) is 0.661. The Morgan fingerprint density at radius 3 is 2.59 bits per heavy atom. The molecule has 0 bridgehead atoms. The molecular formula is C12H25N3O2. The third kappa shape index (κ3) is 5.02. The lowest BCUT2D eigenvalue weighted by Crippen LogP contribution is -2.49. The van der Waals surface area contributed by atoms with E-state index < -0.39 is 0 Å². The zero-order chi connectivity index (χ0) is 12.7. The molecule has 0 spiro atoms. The normalized spacial score (nSPS) is 17.4. The first-order valence-electron chi connectivity index (χ1n) is 6.48. The average molecular weight is 243 g/mol. The third-order valence-corrected chi connectivity index (χ3v) is 3.07. The van der Waals surface area contributed by atoms with Crippen LogP contribution < -0.4 is 5.32 Å². The van der Waals surface area contributed by atoms with E-state index in [0.29, 0.717) is 19.5 Å². The van der Waals surface area contributed by atoms with Gasteiger partial charge in [0.1, 0.15) is 0 Å². The van der Waals surface area contributed by atoms with Crippen molar-refractivity contribution >= 4 is 5.91 Å². The minimum Gasteiger partial charge on any atom is -0.396 e. The Balaban J connectivity index is 2.40. The van der Waals surface area contributed by atoms with E-state index in [-0.39, 0.29) is 18.6 Å². The van der Waals surface area contributed by atoms with Crippen LogP contribution >= 0.6 is 0 Å². The third-order valence-electron chi connectivity index (χ3n) is 3.07. The van der Waals surface area contributed by atoms with Gasteiger partial charge in [0.05, 0.1) is 6.54 Å². The van der Waals surface area contributed by atoms with Crippen LogP contribution in [0.15, 0.2) is 0 Å². The van der Waals surface area contributed by atoms with Gasteiger partial charge in [0.25, 0.3) is 0 Å². The van der Waals surface area contributed by atoms with Gasteiger partial charge in [-0.3, -0.25) is 9.69 Å². The van der Waals surface area contributed by atoms with Crippen molar-refractivity contribution in [3.63, 3.8) is 0 Å². The second kappa shape index (κ2) is 7.63. The van der Waals surface area contributed by atoms with Gasteiger partial charge in [-0.2, -0.15) is 0 Å². The molecule has 0 aromatic rings. The van der Waals surface area contributed by atoms with Crippen molar-refractivity contribution in [2.75, 3.05) is 45.9 Å². The molecule has 0 aliphatic carbocycles. The maximum absolute atomic E-state index is 12.1. The van der Waals surface area contributed by atoms with Gasteiger partial charge >= 0.3 is 0 Å². The van der Waals surface area contributed by atoms with E-state index in [9.17, 15) is 4.79 Å². The lowest BCUT2D eigenvalue weighted by Gasteiger charge is -2.32. The molecule has 1 fully saturated rings. The molecule has 17 heavy (non-hydrogen) atoms. The monoisotopic (exact) mass is 243 g/mol. The maximum atomic E-state index is 12.1. The van der Waals surface area contributed by atoms with Gasteiger partial charge in [-0.05, 0) is 20.3 Å². The number of hydrogen-bond donors (Lipinski definition) is 2. The number of rotatable bonds is 6. The standard InChI is InChI=1S/C12H25N3O2/c1-11(2)15(6-3-9-16)12(17)10-14-7-4-13-5-8-14/h11,13,16H,3-10H2,1-2H3. The molecule has 1 amide bonds. The summed E-state index contributed by atoms with van der Waals surface area (Å²) in [6, 6.07) is 0.206. The fraction of sp³-hybridized carbons (Fsp3) is 0.917. The molecule has 5 heteroatoms. The second-order valence-electron chi connectivity index (χ2n) is 4.78. The van der Waals surface area contributed by atoms with Crippen LogP contribution in [0.25, 0.3) is 0 Å². The molecule has 0 atom stereocenters. The molecule has 1 heterocycles. The van der Waals surface area contributed by atoms with Crippen molar-refractivity contribution in [2.45, 2.75) is 26.3 Å². The number of amides is 1. The molecule has 100 valence electrons. The maximum Gasteiger partial charge on any atom is 0.236 e. The molecule has 1 rings (SSSR count). The van der Waals surface area contributed by atoms with Crippen LogP contribution in [-0.2, 0) is 4.79 Å². The van der Waals surface area contributed by atoms with E-state index in [0.717, 1.165) is 26.2 Å².